The first-order valence-corrected chi connectivity index (χ1v) is 9.75. The van der Waals surface area contributed by atoms with Gasteiger partial charge in [-0.15, -0.1) is 11.6 Å². The molecule has 1 unspecified atom stereocenters. The third-order valence-corrected chi connectivity index (χ3v) is 5.55. The highest BCUT2D eigenvalue weighted by atomic mass is 35.5. The lowest BCUT2D eigenvalue weighted by Gasteiger charge is -2.34. The van der Waals surface area contributed by atoms with Gasteiger partial charge in [0.15, 0.2) is 0 Å². The van der Waals surface area contributed by atoms with E-state index in [9.17, 15) is 4.39 Å². The molecule has 0 aliphatic carbocycles. The minimum absolute atomic E-state index is 0.122. The van der Waals surface area contributed by atoms with E-state index in [0.29, 0.717) is 11.4 Å². The number of alkyl halides is 1. The maximum Gasteiger partial charge on any atom is 0.144 e. The zero-order valence-corrected chi connectivity index (χ0v) is 15.8. The fourth-order valence-electron chi connectivity index (χ4n) is 3.87. The molecule has 4 rings (SSSR count). The summed E-state index contributed by atoms with van der Waals surface area (Å²) in [5.74, 6) is 0.623. The van der Waals surface area contributed by atoms with Crippen LogP contribution in [0, 0.1) is 5.82 Å². The number of likely N-dealkylation sites (tertiary alicyclic amines) is 1. The molecule has 3 nitrogen and oxygen atoms in total. The zero-order valence-electron chi connectivity index (χ0n) is 14.3. The van der Waals surface area contributed by atoms with Crippen LogP contribution in [0.4, 0.5) is 4.39 Å². The molecule has 2 heterocycles. The molecule has 0 bridgehead atoms. The van der Waals surface area contributed by atoms with Crippen molar-refractivity contribution in [2.45, 2.75) is 31.3 Å². The summed E-state index contributed by atoms with van der Waals surface area (Å²) in [6, 6.07) is 13.8. The van der Waals surface area contributed by atoms with Crippen molar-refractivity contribution in [3.05, 3.63) is 64.7 Å². The van der Waals surface area contributed by atoms with Crippen LogP contribution in [0.2, 0.25) is 5.02 Å². The molecule has 3 aromatic rings. The van der Waals surface area contributed by atoms with Gasteiger partial charge >= 0.3 is 0 Å². The highest BCUT2D eigenvalue weighted by Gasteiger charge is 2.25. The fraction of sp³-hybridized carbons (Fsp3) is 0.350. The summed E-state index contributed by atoms with van der Waals surface area (Å²) >= 11 is 12.2. The van der Waals surface area contributed by atoms with E-state index >= 15 is 0 Å². The number of piperidine rings is 1. The third kappa shape index (κ3) is 3.46. The highest BCUT2D eigenvalue weighted by Crippen LogP contribution is 2.31. The van der Waals surface area contributed by atoms with Crippen LogP contribution in [0.1, 0.15) is 30.3 Å². The molecule has 1 aromatic heterocycles. The van der Waals surface area contributed by atoms with Gasteiger partial charge in [-0.3, -0.25) is 4.90 Å². The van der Waals surface area contributed by atoms with Gasteiger partial charge in [0.25, 0.3) is 0 Å². The second kappa shape index (κ2) is 7.55. The number of aromatic nitrogens is 2. The maximum absolute atomic E-state index is 13.8. The van der Waals surface area contributed by atoms with Gasteiger partial charge in [0, 0.05) is 25.2 Å². The van der Waals surface area contributed by atoms with Gasteiger partial charge in [-0.2, -0.15) is 0 Å². The van der Waals surface area contributed by atoms with Crippen molar-refractivity contribution in [1.29, 1.82) is 0 Å². The van der Waals surface area contributed by atoms with Crippen LogP contribution < -0.4 is 0 Å². The van der Waals surface area contributed by atoms with Crippen LogP contribution in [0.5, 0.6) is 0 Å². The lowest BCUT2D eigenvalue weighted by Crippen LogP contribution is -2.36. The summed E-state index contributed by atoms with van der Waals surface area (Å²) in [4.78, 5) is 6.99. The lowest BCUT2D eigenvalue weighted by atomic mass is 10.0. The average molecular weight is 392 g/mol. The molecule has 0 saturated carbocycles. The van der Waals surface area contributed by atoms with E-state index in [2.05, 4.69) is 38.7 Å². The number of rotatable bonds is 4. The number of benzene rings is 2. The summed E-state index contributed by atoms with van der Waals surface area (Å²) in [6.45, 7) is 2.92. The first-order valence-electron chi connectivity index (χ1n) is 8.84. The van der Waals surface area contributed by atoms with Crippen LogP contribution in [-0.4, -0.2) is 27.5 Å². The molecule has 0 radical (unpaired) electrons. The smallest absolute Gasteiger partial charge is 0.144 e. The maximum atomic E-state index is 13.8. The Labute approximate surface area is 162 Å². The molecule has 136 valence electrons. The van der Waals surface area contributed by atoms with Crippen molar-refractivity contribution >= 4 is 34.2 Å². The molecule has 26 heavy (non-hydrogen) atoms. The van der Waals surface area contributed by atoms with Gasteiger partial charge in [0.05, 0.1) is 21.9 Å². The SMILES string of the molecule is Fc1cc2nc(CCl)n(C3CCCN(Cc4ccccc4)C3)c2cc1Cl. The molecule has 1 atom stereocenters. The Morgan fingerprint density at radius 2 is 2.00 bits per heavy atom. The Morgan fingerprint density at radius 3 is 2.77 bits per heavy atom. The summed E-state index contributed by atoms with van der Waals surface area (Å²) in [7, 11) is 0. The minimum atomic E-state index is -0.445. The number of nitrogens with zero attached hydrogens (tertiary/aromatic N) is 3. The predicted octanol–water partition coefficient (Wildman–Crippen LogP) is 5.40. The molecule has 0 N–H and O–H groups in total. The van der Waals surface area contributed by atoms with Gasteiger partial charge in [-0.1, -0.05) is 41.9 Å². The predicted molar refractivity (Wildman–Crippen MR) is 104 cm³/mol. The Morgan fingerprint density at radius 1 is 1.19 bits per heavy atom. The topological polar surface area (TPSA) is 21.1 Å². The molecule has 1 aliphatic heterocycles. The number of hydrogen-bond acceptors (Lipinski definition) is 2. The summed E-state index contributed by atoms with van der Waals surface area (Å²) in [6.07, 6.45) is 2.16. The Bertz CT molecular complexity index is 910. The van der Waals surface area contributed by atoms with Crippen molar-refractivity contribution in [3.8, 4) is 0 Å². The van der Waals surface area contributed by atoms with E-state index in [0.717, 1.165) is 43.8 Å². The lowest BCUT2D eigenvalue weighted by molar-refractivity contribution is 0.171. The molecule has 1 saturated heterocycles. The van der Waals surface area contributed by atoms with Crippen LogP contribution in [0.15, 0.2) is 42.5 Å². The number of fused-ring (bicyclic) bond motifs is 1. The molecule has 1 aliphatic rings. The Hall–Kier alpha value is -1.62. The van der Waals surface area contributed by atoms with Gasteiger partial charge in [0.1, 0.15) is 11.6 Å². The average Bonchev–Trinajstić information content (AvgIpc) is 3.00. The van der Waals surface area contributed by atoms with Crippen molar-refractivity contribution < 1.29 is 4.39 Å². The monoisotopic (exact) mass is 391 g/mol. The summed E-state index contributed by atoms with van der Waals surface area (Å²) in [5, 5.41) is 0.122. The Kier molecular flexibility index (Phi) is 5.16. The van der Waals surface area contributed by atoms with E-state index in [-0.39, 0.29) is 11.1 Å². The molecule has 2 aromatic carbocycles. The molecule has 0 spiro atoms. The number of halogens is 3. The Balaban J connectivity index is 1.65. The number of imidazole rings is 1. The minimum Gasteiger partial charge on any atom is -0.323 e. The molecule has 1 fully saturated rings. The van der Waals surface area contributed by atoms with Crippen molar-refractivity contribution in [2.24, 2.45) is 0 Å². The van der Waals surface area contributed by atoms with E-state index in [4.69, 9.17) is 23.2 Å². The molecular formula is C20H20Cl2FN3. The van der Waals surface area contributed by atoms with Gasteiger partial charge in [-0.05, 0) is 31.0 Å². The van der Waals surface area contributed by atoms with E-state index < -0.39 is 5.82 Å². The van der Waals surface area contributed by atoms with E-state index in [1.54, 1.807) is 6.07 Å². The zero-order chi connectivity index (χ0) is 18.1. The van der Waals surface area contributed by atoms with E-state index in [1.165, 1.54) is 11.6 Å². The first kappa shape index (κ1) is 17.8. The fourth-order valence-corrected chi connectivity index (χ4v) is 4.22. The van der Waals surface area contributed by atoms with Gasteiger partial charge in [-0.25, -0.2) is 9.37 Å². The van der Waals surface area contributed by atoms with Crippen molar-refractivity contribution in [2.75, 3.05) is 13.1 Å². The summed E-state index contributed by atoms with van der Waals surface area (Å²) < 4.78 is 16.0. The van der Waals surface area contributed by atoms with Crippen LogP contribution in [-0.2, 0) is 12.4 Å². The normalized spacial score (nSPS) is 18.5. The second-order valence-electron chi connectivity index (χ2n) is 6.80. The first-order chi connectivity index (χ1) is 12.7. The number of hydrogen-bond donors (Lipinski definition) is 0. The quantitative estimate of drug-likeness (QED) is 0.554. The summed E-state index contributed by atoms with van der Waals surface area (Å²) in [5.41, 5.74) is 2.78. The van der Waals surface area contributed by atoms with Gasteiger partial charge in [0.2, 0.25) is 0 Å². The van der Waals surface area contributed by atoms with E-state index in [1.807, 2.05) is 6.07 Å². The van der Waals surface area contributed by atoms with Crippen molar-refractivity contribution in [1.82, 2.24) is 14.5 Å². The molecule has 6 heteroatoms. The largest absolute Gasteiger partial charge is 0.323 e. The third-order valence-electron chi connectivity index (χ3n) is 5.02. The van der Waals surface area contributed by atoms with Crippen molar-refractivity contribution in [3.63, 3.8) is 0 Å². The van der Waals surface area contributed by atoms with Gasteiger partial charge < -0.3 is 4.57 Å². The molecule has 0 amide bonds. The van der Waals surface area contributed by atoms with Crippen LogP contribution in [0.25, 0.3) is 11.0 Å². The standard InChI is InChI=1S/C20H20Cl2FN3/c21-11-20-24-18-10-17(23)16(22)9-19(18)26(20)15-7-4-8-25(13-15)12-14-5-2-1-3-6-14/h1-3,5-6,9-10,15H,4,7-8,11-13H2. The highest BCUT2D eigenvalue weighted by molar-refractivity contribution is 6.31. The molecular weight excluding hydrogens is 372 g/mol. The van der Waals surface area contributed by atoms with Crippen LogP contribution >= 0.6 is 23.2 Å². The second-order valence-corrected chi connectivity index (χ2v) is 7.48. The van der Waals surface area contributed by atoms with Crippen LogP contribution in [0.3, 0.4) is 0 Å².